The molecule has 5 heteroatoms. The van der Waals surface area contributed by atoms with E-state index < -0.39 is 0 Å². The second kappa shape index (κ2) is 6.53. The van der Waals surface area contributed by atoms with E-state index >= 15 is 0 Å². The number of hydrogen-bond donors (Lipinski definition) is 1. The summed E-state index contributed by atoms with van der Waals surface area (Å²) in [5.74, 6) is 0.518. The van der Waals surface area contributed by atoms with E-state index in [1.807, 2.05) is 60.7 Å². The Morgan fingerprint density at radius 3 is 2.48 bits per heavy atom. The Hall–Kier alpha value is -2.92. The Labute approximate surface area is 152 Å². The predicted molar refractivity (Wildman–Crippen MR) is 102 cm³/mol. The zero-order valence-corrected chi connectivity index (χ0v) is 14.7. The first-order chi connectivity index (χ1) is 12.2. The van der Waals surface area contributed by atoms with Gasteiger partial charge in [0.1, 0.15) is 5.52 Å². The summed E-state index contributed by atoms with van der Waals surface area (Å²) in [6.45, 7) is 0. The Bertz CT molecular complexity index is 1040. The summed E-state index contributed by atoms with van der Waals surface area (Å²) < 4.78 is 6.44. The van der Waals surface area contributed by atoms with Gasteiger partial charge in [0.25, 0.3) is 5.91 Å². The largest absolute Gasteiger partial charge is 0.355 e. The highest BCUT2D eigenvalue weighted by Gasteiger charge is 2.13. The van der Waals surface area contributed by atoms with Crippen LogP contribution in [-0.4, -0.2) is 11.1 Å². The van der Waals surface area contributed by atoms with Crippen molar-refractivity contribution in [2.45, 2.75) is 0 Å². The van der Waals surface area contributed by atoms with E-state index in [9.17, 15) is 4.79 Å². The van der Waals surface area contributed by atoms with E-state index in [4.69, 9.17) is 4.52 Å². The molecule has 122 valence electrons. The van der Waals surface area contributed by atoms with Crippen LogP contribution >= 0.6 is 15.9 Å². The molecule has 0 atom stereocenters. The average Bonchev–Trinajstić information content (AvgIpc) is 3.07. The van der Waals surface area contributed by atoms with Crippen molar-refractivity contribution in [1.82, 2.24) is 5.16 Å². The van der Waals surface area contributed by atoms with Gasteiger partial charge in [0.05, 0.1) is 0 Å². The molecule has 1 aromatic heterocycles. The topological polar surface area (TPSA) is 55.1 Å². The van der Waals surface area contributed by atoms with Crippen LogP contribution in [0.1, 0.15) is 10.4 Å². The number of fused-ring (bicyclic) bond motifs is 1. The molecule has 0 spiro atoms. The second-order valence-corrected chi connectivity index (χ2v) is 6.49. The van der Waals surface area contributed by atoms with Crippen molar-refractivity contribution in [3.63, 3.8) is 0 Å². The van der Waals surface area contributed by atoms with Crippen LogP contribution in [0.2, 0.25) is 0 Å². The van der Waals surface area contributed by atoms with Crippen LogP contribution in [0.15, 0.2) is 81.8 Å². The van der Waals surface area contributed by atoms with E-state index in [0.29, 0.717) is 16.8 Å². The van der Waals surface area contributed by atoms with Crippen LogP contribution in [0, 0.1) is 0 Å². The van der Waals surface area contributed by atoms with Crippen molar-refractivity contribution >= 4 is 38.4 Å². The molecule has 1 amide bonds. The molecule has 0 aliphatic heterocycles. The summed E-state index contributed by atoms with van der Waals surface area (Å²) >= 11 is 3.37. The maximum Gasteiger partial charge on any atom is 0.255 e. The minimum Gasteiger partial charge on any atom is -0.355 e. The Kier molecular flexibility index (Phi) is 4.07. The molecule has 0 fully saturated rings. The fourth-order valence-corrected chi connectivity index (χ4v) is 2.88. The summed E-state index contributed by atoms with van der Waals surface area (Å²) in [6, 6.07) is 22.6. The molecular formula is C20H13BrN2O2. The van der Waals surface area contributed by atoms with Gasteiger partial charge < -0.3 is 9.84 Å². The van der Waals surface area contributed by atoms with E-state index in [-0.39, 0.29) is 5.91 Å². The molecule has 4 nitrogen and oxygen atoms in total. The SMILES string of the molecule is O=C(Nc1ccc(Br)cc1)c1ccc2c(-c3ccccc3)onc2c1. The Balaban J connectivity index is 1.63. The van der Waals surface area contributed by atoms with Gasteiger partial charge in [0.2, 0.25) is 0 Å². The fourth-order valence-electron chi connectivity index (χ4n) is 2.62. The smallest absolute Gasteiger partial charge is 0.255 e. The molecule has 0 saturated carbocycles. The molecule has 0 aliphatic carbocycles. The van der Waals surface area contributed by atoms with Crippen LogP contribution in [0.3, 0.4) is 0 Å². The van der Waals surface area contributed by atoms with Gasteiger partial charge in [-0.3, -0.25) is 4.79 Å². The quantitative estimate of drug-likeness (QED) is 0.499. The summed E-state index contributed by atoms with van der Waals surface area (Å²) in [6.07, 6.45) is 0. The van der Waals surface area contributed by atoms with Crippen LogP contribution in [0.25, 0.3) is 22.2 Å². The molecule has 1 N–H and O–H groups in total. The van der Waals surface area contributed by atoms with Crippen molar-refractivity contribution in [1.29, 1.82) is 0 Å². The first-order valence-corrected chi connectivity index (χ1v) is 8.52. The highest BCUT2D eigenvalue weighted by Crippen LogP contribution is 2.29. The Morgan fingerprint density at radius 1 is 0.960 bits per heavy atom. The van der Waals surface area contributed by atoms with Crippen molar-refractivity contribution in [2.75, 3.05) is 5.32 Å². The lowest BCUT2D eigenvalue weighted by molar-refractivity contribution is 0.102. The number of nitrogens with zero attached hydrogens (tertiary/aromatic N) is 1. The highest BCUT2D eigenvalue weighted by atomic mass is 79.9. The normalized spacial score (nSPS) is 10.8. The lowest BCUT2D eigenvalue weighted by atomic mass is 10.1. The number of amides is 1. The van der Waals surface area contributed by atoms with Crippen LogP contribution in [-0.2, 0) is 0 Å². The maximum absolute atomic E-state index is 12.4. The monoisotopic (exact) mass is 392 g/mol. The lowest BCUT2D eigenvalue weighted by Crippen LogP contribution is -2.11. The van der Waals surface area contributed by atoms with Gasteiger partial charge in [-0.15, -0.1) is 0 Å². The molecule has 0 saturated heterocycles. The van der Waals surface area contributed by atoms with Crippen molar-refractivity contribution in [3.8, 4) is 11.3 Å². The lowest BCUT2D eigenvalue weighted by Gasteiger charge is -2.05. The molecule has 4 rings (SSSR count). The summed E-state index contributed by atoms with van der Waals surface area (Å²) in [7, 11) is 0. The number of halogens is 1. The molecule has 0 radical (unpaired) electrons. The van der Waals surface area contributed by atoms with E-state index in [2.05, 4.69) is 26.4 Å². The standard InChI is InChI=1S/C20H13BrN2O2/c21-15-7-9-16(10-8-15)22-20(24)14-6-11-17-18(12-14)23-25-19(17)13-4-2-1-3-5-13/h1-12H,(H,22,24). The van der Waals surface area contributed by atoms with E-state index in [1.165, 1.54) is 0 Å². The first-order valence-electron chi connectivity index (χ1n) is 7.72. The summed E-state index contributed by atoms with van der Waals surface area (Å²) in [4.78, 5) is 12.4. The molecule has 0 bridgehead atoms. The number of anilines is 1. The van der Waals surface area contributed by atoms with Gasteiger partial charge in [0.15, 0.2) is 5.76 Å². The third-order valence-electron chi connectivity index (χ3n) is 3.88. The molecule has 0 unspecified atom stereocenters. The Morgan fingerprint density at radius 2 is 1.72 bits per heavy atom. The molecule has 4 aromatic rings. The molecule has 0 aliphatic rings. The average molecular weight is 393 g/mol. The van der Waals surface area contributed by atoms with Gasteiger partial charge in [-0.2, -0.15) is 0 Å². The third-order valence-corrected chi connectivity index (χ3v) is 4.41. The van der Waals surface area contributed by atoms with Crippen molar-refractivity contribution in [3.05, 3.63) is 82.8 Å². The van der Waals surface area contributed by atoms with Gasteiger partial charge in [-0.25, -0.2) is 0 Å². The summed E-state index contributed by atoms with van der Waals surface area (Å²) in [5, 5.41) is 7.85. The number of aromatic nitrogens is 1. The van der Waals surface area contributed by atoms with Gasteiger partial charge in [0, 0.05) is 26.7 Å². The van der Waals surface area contributed by atoms with Crippen molar-refractivity contribution < 1.29 is 9.32 Å². The van der Waals surface area contributed by atoms with Gasteiger partial charge in [-0.1, -0.05) is 51.4 Å². The number of carbonyl (C=O) groups is 1. The third kappa shape index (κ3) is 3.19. The van der Waals surface area contributed by atoms with E-state index in [0.717, 1.165) is 21.1 Å². The number of benzene rings is 3. The molecule has 1 heterocycles. The predicted octanol–water partition coefficient (Wildman–Crippen LogP) is 5.51. The number of rotatable bonds is 3. The van der Waals surface area contributed by atoms with Crippen LogP contribution < -0.4 is 5.32 Å². The maximum atomic E-state index is 12.4. The van der Waals surface area contributed by atoms with Crippen LogP contribution in [0.5, 0.6) is 0 Å². The summed E-state index contributed by atoms with van der Waals surface area (Å²) in [5.41, 5.74) is 2.88. The highest BCUT2D eigenvalue weighted by molar-refractivity contribution is 9.10. The molecule has 3 aromatic carbocycles. The second-order valence-electron chi connectivity index (χ2n) is 5.57. The zero-order chi connectivity index (χ0) is 17.2. The first kappa shape index (κ1) is 15.6. The minimum absolute atomic E-state index is 0.187. The number of hydrogen-bond acceptors (Lipinski definition) is 3. The van der Waals surface area contributed by atoms with Crippen molar-refractivity contribution in [2.24, 2.45) is 0 Å². The number of carbonyl (C=O) groups excluding carboxylic acids is 1. The number of nitrogens with one attached hydrogen (secondary N) is 1. The van der Waals surface area contributed by atoms with Crippen LogP contribution in [0.4, 0.5) is 5.69 Å². The van der Waals surface area contributed by atoms with Gasteiger partial charge in [-0.05, 0) is 42.5 Å². The van der Waals surface area contributed by atoms with E-state index in [1.54, 1.807) is 12.1 Å². The fraction of sp³-hybridized carbons (Fsp3) is 0. The minimum atomic E-state index is -0.187. The van der Waals surface area contributed by atoms with Gasteiger partial charge >= 0.3 is 0 Å². The zero-order valence-electron chi connectivity index (χ0n) is 13.1. The molecular weight excluding hydrogens is 380 g/mol. The molecule has 25 heavy (non-hydrogen) atoms.